The third-order valence-electron chi connectivity index (χ3n) is 1.97. The lowest BCUT2D eigenvalue weighted by Crippen LogP contribution is -2.31. The van der Waals surface area contributed by atoms with Crippen LogP contribution in [0.25, 0.3) is 0 Å². The summed E-state index contributed by atoms with van der Waals surface area (Å²) in [6.45, 7) is 8.09. The maximum Gasteiger partial charge on any atom is 0.189 e. The highest BCUT2D eigenvalue weighted by molar-refractivity contribution is 5.17. The number of hydrogen-bond acceptors (Lipinski definition) is 1. The van der Waals surface area contributed by atoms with Gasteiger partial charge in [-0.05, 0) is 11.5 Å². The van der Waals surface area contributed by atoms with Crippen LogP contribution in [0.2, 0.25) is 0 Å². The normalized spacial score (nSPS) is 11.7. The predicted molar refractivity (Wildman–Crippen MR) is 48.8 cm³/mol. The first-order valence-corrected chi connectivity index (χ1v) is 4.11. The van der Waals surface area contributed by atoms with Crippen molar-refractivity contribution < 1.29 is 4.73 Å². The number of pyridine rings is 1. The third-order valence-corrected chi connectivity index (χ3v) is 1.97. The zero-order valence-corrected chi connectivity index (χ0v) is 8.09. The van der Waals surface area contributed by atoms with Crippen molar-refractivity contribution in [3.63, 3.8) is 0 Å². The molecule has 1 aromatic rings. The Labute approximate surface area is 73.4 Å². The van der Waals surface area contributed by atoms with Gasteiger partial charge in [0.2, 0.25) is 0 Å². The minimum atomic E-state index is 0.0554. The lowest BCUT2D eigenvalue weighted by Gasteiger charge is -2.17. The number of nitrogens with zero attached hydrogens (tertiary/aromatic N) is 1. The van der Waals surface area contributed by atoms with Gasteiger partial charge in [0.15, 0.2) is 11.9 Å². The van der Waals surface area contributed by atoms with Gasteiger partial charge >= 0.3 is 0 Å². The largest absolute Gasteiger partial charge is 0.619 e. The summed E-state index contributed by atoms with van der Waals surface area (Å²) in [5.41, 5.74) is 1.87. The predicted octanol–water partition coefficient (Wildman–Crippen LogP) is 1.93. The van der Waals surface area contributed by atoms with Gasteiger partial charge in [-0.15, -0.1) is 0 Å². The molecule has 0 aliphatic heterocycles. The lowest BCUT2D eigenvalue weighted by atomic mass is 9.88. The minimum Gasteiger partial charge on any atom is -0.619 e. The second-order valence-electron chi connectivity index (χ2n) is 4.13. The van der Waals surface area contributed by atoms with E-state index in [2.05, 4.69) is 20.8 Å². The van der Waals surface area contributed by atoms with Crippen molar-refractivity contribution in [3.05, 3.63) is 34.8 Å². The first-order valence-electron chi connectivity index (χ1n) is 4.11. The topological polar surface area (TPSA) is 26.9 Å². The Morgan fingerprint density at radius 3 is 2.25 bits per heavy atom. The van der Waals surface area contributed by atoms with E-state index in [0.29, 0.717) is 0 Å². The minimum absolute atomic E-state index is 0.0554. The molecule has 1 aromatic heterocycles. The Kier molecular flexibility index (Phi) is 2.09. The summed E-state index contributed by atoms with van der Waals surface area (Å²) in [6.07, 6.45) is 1.65. The van der Waals surface area contributed by atoms with Gasteiger partial charge in [-0.2, -0.15) is 4.73 Å². The Bertz CT molecular complexity index is 286. The Morgan fingerprint density at radius 2 is 1.83 bits per heavy atom. The molecule has 0 spiro atoms. The molecule has 0 aromatic carbocycles. The fraction of sp³-hybridized carbons (Fsp3) is 0.500. The molecule has 0 radical (unpaired) electrons. The van der Waals surface area contributed by atoms with Crippen LogP contribution >= 0.6 is 0 Å². The maximum atomic E-state index is 11.2. The van der Waals surface area contributed by atoms with Crippen molar-refractivity contribution in [2.24, 2.45) is 0 Å². The average Bonchev–Trinajstić information content (AvgIpc) is 1.92. The van der Waals surface area contributed by atoms with Crippen molar-refractivity contribution in [2.75, 3.05) is 0 Å². The Morgan fingerprint density at radius 1 is 1.25 bits per heavy atom. The van der Waals surface area contributed by atoms with Crippen LogP contribution in [0.4, 0.5) is 0 Å². The van der Waals surface area contributed by atoms with Crippen LogP contribution in [0.5, 0.6) is 0 Å². The molecule has 0 N–H and O–H groups in total. The molecule has 66 valence electrons. The molecule has 0 saturated heterocycles. The van der Waals surface area contributed by atoms with Crippen LogP contribution in [0.15, 0.2) is 18.3 Å². The summed E-state index contributed by atoms with van der Waals surface area (Å²) >= 11 is 0. The number of hydrogen-bond donors (Lipinski definition) is 0. The van der Waals surface area contributed by atoms with Gasteiger partial charge in [0.05, 0.1) is 0 Å². The first kappa shape index (κ1) is 9.04. The quantitative estimate of drug-likeness (QED) is 0.426. The summed E-state index contributed by atoms with van der Waals surface area (Å²) in [4.78, 5) is 0. The molecule has 1 heterocycles. The number of aryl methyl sites for hydroxylation is 1. The van der Waals surface area contributed by atoms with Crippen LogP contribution in [0.3, 0.4) is 0 Å². The van der Waals surface area contributed by atoms with Gasteiger partial charge < -0.3 is 5.21 Å². The molecule has 0 unspecified atom stereocenters. The van der Waals surface area contributed by atoms with Crippen molar-refractivity contribution >= 4 is 0 Å². The van der Waals surface area contributed by atoms with Crippen LogP contribution in [-0.2, 0) is 5.41 Å². The highest BCUT2D eigenvalue weighted by atomic mass is 16.5. The van der Waals surface area contributed by atoms with Crippen molar-refractivity contribution in [1.82, 2.24) is 0 Å². The summed E-state index contributed by atoms with van der Waals surface area (Å²) in [5, 5.41) is 11.2. The highest BCUT2D eigenvalue weighted by Crippen LogP contribution is 2.20. The molecule has 0 aliphatic rings. The van der Waals surface area contributed by atoms with Crippen molar-refractivity contribution in [3.8, 4) is 0 Å². The molecule has 0 saturated carbocycles. The highest BCUT2D eigenvalue weighted by Gasteiger charge is 2.16. The fourth-order valence-corrected chi connectivity index (χ4v) is 0.999. The van der Waals surface area contributed by atoms with Crippen molar-refractivity contribution in [2.45, 2.75) is 33.1 Å². The molecule has 0 aliphatic carbocycles. The summed E-state index contributed by atoms with van der Waals surface area (Å²) < 4.78 is 0.917. The van der Waals surface area contributed by atoms with Crippen LogP contribution in [0.1, 0.15) is 32.0 Å². The second-order valence-corrected chi connectivity index (χ2v) is 4.13. The van der Waals surface area contributed by atoms with E-state index in [0.717, 1.165) is 16.0 Å². The molecule has 12 heavy (non-hydrogen) atoms. The van der Waals surface area contributed by atoms with E-state index >= 15 is 0 Å². The molecule has 2 heteroatoms. The maximum absolute atomic E-state index is 11.2. The SMILES string of the molecule is Cc1ccc(C(C)(C)C)c[n+]1[O-]. The van der Waals surface area contributed by atoms with E-state index in [1.807, 2.05) is 12.1 Å². The molecular weight excluding hydrogens is 150 g/mol. The van der Waals surface area contributed by atoms with Gasteiger partial charge in [0, 0.05) is 18.6 Å². The number of rotatable bonds is 0. The molecule has 0 bridgehead atoms. The summed E-state index contributed by atoms with van der Waals surface area (Å²) in [5.74, 6) is 0. The molecule has 1 rings (SSSR count). The number of aromatic nitrogens is 1. The zero-order valence-electron chi connectivity index (χ0n) is 8.09. The van der Waals surface area contributed by atoms with Crippen LogP contribution in [-0.4, -0.2) is 0 Å². The van der Waals surface area contributed by atoms with Gasteiger partial charge in [-0.1, -0.05) is 20.8 Å². The summed E-state index contributed by atoms with van der Waals surface area (Å²) in [7, 11) is 0. The third kappa shape index (κ3) is 1.76. The molecule has 2 nitrogen and oxygen atoms in total. The van der Waals surface area contributed by atoms with E-state index in [1.54, 1.807) is 13.1 Å². The van der Waals surface area contributed by atoms with Crippen molar-refractivity contribution in [1.29, 1.82) is 0 Å². The van der Waals surface area contributed by atoms with E-state index in [4.69, 9.17) is 0 Å². The lowest BCUT2D eigenvalue weighted by molar-refractivity contribution is -0.612. The van der Waals surface area contributed by atoms with Gasteiger partial charge in [-0.25, -0.2) is 0 Å². The molecule has 0 amide bonds. The Hall–Kier alpha value is -1.05. The molecular formula is C10H15NO. The van der Waals surface area contributed by atoms with Gasteiger partial charge in [0.25, 0.3) is 0 Å². The van der Waals surface area contributed by atoms with Gasteiger partial charge in [0.1, 0.15) is 0 Å². The summed E-state index contributed by atoms with van der Waals surface area (Å²) in [6, 6.07) is 3.86. The van der Waals surface area contributed by atoms with Crippen LogP contribution < -0.4 is 4.73 Å². The monoisotopic (exact) mass is 165 g/mol. The molecule has 0 fully saturated rings. The van der Waals surface area contributed by atoms with Crippen LogP contribution in [0, 0.1) is 12.1 Å². The average molecular weight is 165 g/mol. The van der Waals surface area contributed by atoms with E-state index in [-0.39, 0.29) is 5.41 Å². The van der Waals surface area contributed by atoms with Gasteiger partial charge in [-0.3, -0.25) is 0 Å². The Balaban J connectivity index is 3.14. The second kappa shape index (κ2) is 2.77. The van der Waals surface area contributed by atoms with E-state index in [9.17, 15) is 5.21 Å². The van der Waals surface area contributed by atoms with E-state index in [1.165, 1.54) is 0 Å². The fourth-order valence-electron chi connectivity index (χ4n) is 0.999. The smallest absolute Gasteiger partial charge is 0.189 e. The first-order chi connectivity index (χ1) is 5.41. The molecule has 0 atom stereocenters. The standard InChI is InChI=1S/C10H15NO/c1-8-5-6-9(7-11(8)12)10(2,3)4/h5-7H,1-4H3. The zero-order chi connectivity index (χ0) is 9.35. The van der Waals surface area contributed by atoms with E-state index < -0.39 is 0 Å².